The normalized spacial score (nSPS) is 10.7. The summed E-state index contributed by atoms with van der Waals surface area (Å²) < 4.78 is 0. The van der Waals surface area contributed by atoms with Crippen molar-refractivity contribution in [2.75, 3.05) is 0 Å². The van der Waals surface area contributed by atoms with Crippen LogP contribution in [0.2, 0.25) is 0 Å². The van der Waals surface area contributed by atoms with Crippen LogP contribution < -0.4 is 0 Å². The van der Waals surface area contributed by atoms with E-state index < -0.39 is 16.5 Å². The third-order valence-corrected chi connectivity index (χ3v) is 3.13. The predicted molar refractivity (Wildman–Crippen MR) is 72.4 cm³/mol. The fourth-order valence-corrected chi connectivity index (χ4v) is 2.10. The summed E-state index contributed by atoms with van der Waals surface area (Å²) in [7, 11) is 0. The molecule has 6 heteroatoms. The number of aromatic hydroxyl groups is 1. The molecular formula is C13H9NO4S. The summed E-state index contributed by atoms with van der Waals surface area (Å²) in [6, 6.07) is 5.24. The van der Waals surface area contributed by atoms with Crippen LogP contribution >= 0.6 is 11.3 Å². The van der Waals surface area contributed by atoms with Gasteiger partial charge in [0.25, 0.3) is 5.69 Å². The number of phenolic OH excluding ortho intramolecular Hbond substituents is 1. The van der Waals surface area contributed by atoms with Crippen LogP contribution in [0, 0.1) is 10.1 Å². The molecule has 0 spiro atoms. The monoisotopic (exact) mass is 275 g/mol. The minimum absolute atomic E-state index is 0.0390. The molecule has 0 fully saturated rings. The zero-order valence-corrected chi connectivity index (χ0v) is 10.5. The molecule has 19 heavy (non-hydrogen) atoms. The molecule has 1 aromatic heterocycles. The Balaban J connectivity index is 2.22. The second kappa shape index (κ2) is 5.45. The van der Waals surface area contributed by atoms with Gasteiger partial charge in [0.15, 0.2) is 5.78 Å². The van der Waals surface area contributed by atoms with Crippen LogP contribution in [0.25, 0.3) is 6.08 Å². The highest BCUT2D eigenvalue weighted by Gasteiger charge is 2.13. The maximum atomic E-state index is 11.8. The van der Waals surface area contributed by atoms with Crippen molar-refractivity contribution in [3.8, 4) is 5.75 Å². The van der Waals surface area contributed by atoms with Crippen LogP contribution in [0.5, 0.6) is 5.75 Å². The molecule has 2 rings (SSSR count). The number of nitro groups is 1. The van der Waals surface area contributed by atoms with E-state index in [1.165, 1.54) is 29.5 Å². The summed E-state index contributed by atoms with van der Waals surface area (Å²) in [6.07, 6.45) is 2.95. The molecule has 0 saturated heterocycles. The topological polar surface area (TPSA) is 80.4 Å². The predicted octanol–water partition coefficient (Wildman–Crippen LogP) is 3.26. The third-order valence-electron chi connectivity index (χ3n) is 2.43. The number of nitro benzene ring substituents is 1. The zero-order valence-electron chi connectivity index (χ0n) is 9.65. The molecule has 0 atom stereocenters. The fourth-order valence-electron chi connectivity index (χ4n) is 1.47. The molecule has 2 aromatic rings. The number of thiophene rings is 1. The maximum Gasteiger partial charge on any atom is 0.273 e. The Labute approximate surface area is 112 Å². The van der Waals surface area contributed by atoms with E-state index in [4.69, 9.17) is 0 Å². The minimum atomic E-state index is -0.630. The Morgan fingerprint density at radius 3 is 2.74 bits per heavy atom. The second-order valence-electron chi connectivity index (χ2n) is 3.71. The van der Waals surface area contributed by atoms with Gasteiger partial charge in [0, 0.05) is 6.07 Å². The van der Waals surface area contributed by atoms with Gasteiger partial charge >= 0.3 is 0 Å². The molecule has 1 N–H and O–H groups in total. The van der Waals surface area contributed by atoms with Crippen molar-refractivity contribution in [1.29, 1.82) is 0 Å². The first-order chi connectivity index (χ1) is 9.08. The Morgan fingerprint density at radius 1 is 1.37 bits per heavy atom. The molecule has 0 aliphatic heterocycles. The van der Waals surface area contributed by atoms with Gasteiger partial charge in [-0.25, -0.2) is 0 Å². The van der Waals surface area contributed by atoms with Crippen LogP contribution in [0.15, 0.2) is 41.1 Å². The number of ketones is 1. The largest absolute Gasteiger partial charge is 0.507 e. The Bertz CT molecular complexity index is 647. The Hall–Kier alpha value is -2.47. The van der Waals surface area contributed by atoms with E-state index >= 15 is 0 Å². The van der Waals surface area contributed by atoms with E-state index in [-0.39, 0.29) is 11.3 Å². The average molecular weight is 275 g/mol. The van der Waals surface area contributed by atoms with Gasteiger partial charge in [0.2, 0.25) is 0 Å². The van der Waals surface area contributed by atoms with Gasteiger partial charge in [0.1, 0.15) is 5.75 Å². The molecule has 1 heterocycles. The summed E-state index contributed by atoms with van der Waals surface area (Å²) in [4.78, 5) is 21.7. The molecule has 0 saturated carbocycles. The highest BCUT2D eigenvalue weighted by atomic mass is 32.1. The lowest BCUT2D eigenvalue weighted by atomic mass is 10.1. The van der Waals surface area contributed by atoms with Crippen LogP contribution in [0.1, 0.15) is 15.9 Å². The number of non-ortho nitro benzene ring substituents is 1. The first kappa shape index (κ1) is 13.0. The van der Waals surface area contributed by atoms with Gasteiger partial charge < -0.3 is 5.11 Å². The zero-order chi connectivity index (χ0) is 13.8. The van der Waals surface area contributed by atoms with E-state index in [9.17, 15) is 20.0 Å². The van der Waals surface area contributed by atoms with E-state index in [1.807, 2.05) is 16.8 Å². The van der Waals surface area contributed by atoms with Gasteiger partial charge in [-0.3, -0.25) is 14.9 Å². The molecule has 0 bridgehead atoms. The highest BCUT2D eigenvalue weighted by molar-refractivity contribution is 7.08. The third kappa shape index (κ3) is 3.05. The smallest absolute Gasteiger partial charge is 0.273 e. The van der Waals surface area contributed by atoms with Gasteiger partial charge in [-0.05, 0) is 34.5 Å². The summed E-state index contributed by atoms with van der Waals surface area (Å²) in [6.45, 7) is 0. The van der Waals surface area contributed by atoms with Crippen molar-refractivity contribution < 1.29 is 14.8 Å². The lowest BCUT2D eigenvalue weighted by Crippen LogP contribution is -1.96. The lowest BCUT2D eigenvalue weighted by molar-refractivity contribution is -0.384. The van der Waals surface area contributed by atoms with Gasteiger partial charge in [-0.2, -0.15) is 11.3 Å². The number of carbonyl (C=O) groups excluding carboxylic acids is 1. The first-order valence-corrected chi connectivity index (χ1v) is 6.24. The molecule has 0 aliphatic rings. The average Bonchev–Trinajstić information content (AvgIpc) is 2.88. The second-order valence-corrected chi connectivity index (χ2v) is 4.49. The number of hydrogen-bond donors (Lipinski definition) is 1. The number of carbonyl (C=O) groups is 1. The molecule has 0 amide bonds. The van der Waals surface area contributed by atoms with Crippen LogP contribution in [0.3, 0.4) is 0 Å². The molecule has 1 aromatic carbocycles. The molecule has 0 unspecified atom stereocenters. The van der Waals surface area contributed by atoms with Crippen molar-refractivity contribution in [3.63, 3.8) is 0 Å². The van der Waals surface area contributed by atoms with E-state index in [0.29, 0.717) is 0 Å². The van der Waals surface area contributed by atoms with E-state index in [0.717, 1.165) is 11.6 Å². The van der Waals surface area contributed by atoms with Crippen LogP contribution in [-0.4, -0.2) is 15.8 Å². The Kier molecular flexibility index (Phi) is 3.72. The SMILES string of the molecule is O=C(/C=C/c1ccsc1)c1ccc([N+](=O)[O-])cc1O. The van der Waals surface area contributed by atoms with E-state index in [1.54, 1.807) is 6.08 Å². The molecular weight excluding hydrogens is 266 g/mol. The minimum Gasteiger partial charge on any atom is -0.507 e. The van der Waals surface area contributed by atoms with Crippen LogP contribution in [-0.2, 0) is 0 Å². The number of rotatable bonds is 4. The number of allylic oxidation sites excluding steroid dienone is 1. The lowest BCUT2D eigenvalue weighted by Gasteiger charge is -2.00. The number of nitrogens with zero attached hydrogens (tertiary/aromatic N) is 1. The van der Waals surface area contributed by atoms with Gasteiger partial charge in [0.05, 0.1) is 16.6 Å². The summed E-state index contributed by atoms with van der Waals surface area (Å²) in [5, 5.41) is 23.9. The van der Waals surface area contributed by atoms with Crippen molar-refractivity contribution in [2.24, 2.45) is 0 Å². The molecule has 0 aliphatic carbocycles. The summed E-state index contributed by atoms with van der Waals surface area (Å²) in [5.74, 6) is -0.798. The highest BCUT2D eigenvalue weighted by Crippen LogP contribution is 2.24. The number of phenols is 1. The van der Waals surface area contributed by atoms with Gasteiger partial charge in [-0.15, -0.1) is 0 Å². The van der Waals surface area contributed by atoms with Crippen molar-refractivity contribution in [3.05, 3.63) is 62.3 Å². The molecule has 96 valence electrons. The van der Waals surface area contributed by atoms with Gasteiger partial charge in [-0.1, -0.05) is 6.08 Å². The van der Waals surface area contributed by atoms with Crippen molar-refractivity contribution >= 4 is 28.9 Å². The number of benzene rings is 1. The maximum absolute atomic E-state index is 11.8. The first-order valence-electron chi connectivity index (χ1n) is 5.30. The van der Waals surface area contributed by atoms with E-state index in [2.05, 4.69) is 0 Å². The number of hydrogen-bond acceptors (Lipinski definition) is 5. The molecule has 5 nitrogen and oxygen atoms in total. The summed E-state index contributed by atoms with van der Waals surface area (Å²) >= 11 is 1.51. The van der Waals surface area contributed by atoms with Crippen LogP contribution in [0.4, 0.5) is 5.69 Å². The Morgan fingerprint density at radius 2 is 2.16 bits per heavy atom. The van der Waals surface area contributed by atoms with Crippen molar-refractivity contribution in [2.45, 2.75) is 0 Å². The summed E-state index contributed by atoms with van der Waals surface area (Å²) in [5.41, 5.74) is 0.674. The standard InChI is InChI=1S/C13H9NO4S/c15-12(4-1-9-5-6-19-8-9)11-3-2-10(14(17)18)7-13(11)16/h1-8,16H/b4-1+. The quantitative estimate of drug-likeness (QED) is 0.402. The van der Waals surface area contributed by atoms with Crippen molar-refractivity contribution in [1.82, 2.24) is 0 Å². The fraction of sp³-hybridized carbons (Fsp3) is 0. The molecule has 0 radical (unpaired) electrons.